The van der Waals surface area contributed by atoms with E-state index in [2.05, 4.69) is 15.0 Å². The van der Waals surface area contributed by atoms with E-state index in [1.807, 2.05) is 6.07 Å². The van der Waals surface area contributed by atoms with Gasteiger partial charge in [0, 0.05) is 17.3 Å². The van der Waals surface area contributed by atoms with E-state index in [1.54, 1.807) is 24.4 Å². The number of hydrogen-bond acceptors (Lipinski definition) is 6. The van der Waals surface area contributed by atoms with Crippen LogP contribution in [0.2, 0.25) is 0 Å². The van der Waals surface area contributed by atoms with Gasteiger partial charge in [-0.3, -0.25) is 9.78 Å². The highest BCUT2D eigenvalue weighted by atomic mass is 16.5. The lowest BCUT2D eigenvalue weighted by atomic mass is 10.2. The Kier molecular flexibility index (Phi) is 3.15. The van der Waals surface area contributed by atoms with Crippen LogP contribution in [0.3, 0.4) is 0 Å². The third-order valence-corrected chi connectivity index (χ3v) is 2.96. The van der Waals surface area contributed by atoms with Gasteiger partial charge in [-0.05, 0) is 24.3 Å². The zero-order valence-corrected chi connectivity index (χ0v) is 11.2. The molecule has 7 nitrogen and oxygen atoms in total. The molecule has 7 heteroatoms. The maximum absolute atomic E-state index is 11.6. The number of H-pyrrole nitrogens is 1. The molecule has 2 heterocycles. The van der Waals surface area contributed by atoms with E-state index in [1.165, 1.54) is 13.4 Å². The molecule has 1 aromatic carbocycles. The van der Waals surface area contributed by atoms with Crippen LogP contribution in [0, 0.1) is 0 Å². The lowest BCUT2D eigenvalue weighted by Gasteiger charge is -2.10. The number of pyridine rings is 1. The third-order valence-electron chi connectivity index (χ3n) is 2.96. The average Bonchev–Trinajstić information content (AvgIpc) is 2.51. The van der Waals surface area contributed by atoms with Crippen molar-refractivity contribution in [3.63, 3.8) is 0 Å². The van der Waals surface area contributed by atoms with Crippen LogP contribution in [0.1, 0.15) is 0 Å². The van der Waals surface area contributed by atoms with Crippen molar-refractivity contribution in [1.29, 1.82) is 0 Å². The van der Waals surface area contributed by atoms with Gasteiger partial charge in [0.25, 0.3) is 11.4 Å². The molecule has 21 heavy (non-hydrogen) atoms. The quantitative estimate of drug-likeness (QED) is 0.709. The molecule has 0 bridgehead atoms. The summed E-state index contributed by atoms with van der Waals surface area (Å²) in [5, 5.41) is 0.763. The summed E-state index contributed by atoms with van der Waals surface area (Å²) in [6.45, 7) is 0. The Morgan fingerprint density at radius 3 is 2.90 bits per heavy atom. The molecule has 0 saturated carbocycles. The molecule has 106 valence electrons. The van der Waals surface area contributed by atoms with E-state index in [0.717, 1.165) is 5.39 Å². The lowest BCUT2D eigenvalue weighted by molar-refractivity contribution is 0.364. The first-order chi connectivity index (χ1) is 10.2. The van der Waals surface area contributed by atoms with Crippen LogP contribution < -0.4 is 20.8 Å². The second-order valence-electron chi connectivity index (χ2n) is 4.22. The summed E-state index contributed by atoms with van der Waals surface area (Å²) < 4.78 is 10.7. The van der Waals surface area contributed by atoms with Gasteiger partial charge in [-0.15, -0.1) is 0 Å². The van der Waals surface area contributed by atoms with Gasteiger partial charge in [0.2, 0.25) is 5.75 Å². The third kappa shape index (κ3) is 2.25. The zero-order valence-electron chi connectivity index (χ0n) is 11.2. The number of aromatic nitrogens is 3. The fourth-order valence-electron chi connectivity index (χ4n) is 1.98. The molecule has 0 saturated heterocycles. The second-order valence-corrected chi connectivity index (χ2v) is 4.22. The Bertz CT molecular complexity index is 860. The van der Waals surface area contributed by atoms with Crippen molar-refractivity contribution < 1.29 is 9.47 Å². The van der Waals surface area contributed by atoms with Crippen LogP contribution in [0.4, 0.5) is 5.69 Å². The highest BCUT2D eigenvalue weighted by Gasteiger charge is 2.14. The number of nitrogens with one attached hydrogen (secondary N) is 1. The van der Waals surface area contributed by atoms with Gasteiger partial charge >= 0.3 is 0 Å². The number of rotatable bonds is 3. The van der Waals surface area contributed by atoms with Gasteiger partial charge in [0.05, 0.1) is 13.4 Å². The fourth-order valence-corrected chi connectivity index (χ4v) is 1.98. The number of benzene rings is 1. The summed E-state index contributed by atoms with van der Waals surface area (Å²) in [6.07, 6.45) is 2.88. The fraction of sp³-hybridized carbons (Fsp3) is 0.0714. The minimum atomic E-state index is -0.421. The average molecular weight is 284 g/mol. The molecular formula is C14H12N4O3. The van der Waals surface area contributed by atoms with Gasteiger partial charge in [0.1, 0.15) is 5.52 Å². The molecule has 0 unspecified atom stereocenters. The molecule has 0 fully saturated rings. The predicted octanol–water partition coefficient (Wildman–Crippen LogP) is 1.70. The number of nitrogens with two attached hydrogens (primary N) is 1. The molecule has 0 atom stereocenters. The van der Waals surface area contributed by atoms with Crippen LogP contribution in [-0.4, -0.2) is 22.1 Å². The minimum Gasteiger partial charge on any atom is -0.487 e. The normalized spacial score (nSPS) is 10.5. The Hall–Kier alpha value is -3.09. The molecule has 3 N–H and O–H groups in total. The van der Waals surface area contributed by atoms with Gasteiger partial charge in [-0.2, -0.15) is 0 Å². The molecule has 0 radical (unpaired) electrons. The highest BCUT2D eigenvalue weighted by Crippen LogP contribution is 2.32. The molecule has 2 aromatic heterocycles. The SMILES string of the molecule is COc1c(Oc2ccc(N)c3cccnc23)nc[nH]c1=O. The molecule has 0 aliphatic carbocycles. The number of anilines is 1. The van der Waals surface area contributed by atoms with Gasteiger partial charge < -0.3 is 20.2 Å². The predicted molar refractivity (Wildman–Crippen MR) is 77.6 cm³/mol. The van der Waals surface area contributed by atoms with Crippen molar-refractivity contribution in [2.45, 2.75) is 0 Å². The van der Waals surface area contributed by atoms with Crippen LogP contribution in [0.25, 0.3) is 10.9 Å². The number of hydrogen-bond donors (Lipinski definition) is 2. The van der Waals surface area contributed by atoms with E-state index >= 15 is 0 Å². The molecule has 0 aliphatic heterocycles. The smallest absolute Gasteiger partial charge is 0.297 e. The summed E-state index contributed by atoms with van der Waals surface area (Å²) in [6, 6.07) is 7.01. The molecule has 0 aliphatic rings. The second kappa shape index (κ2) is 5.12. The van der Waals surface area contributed by atoms with Crippen LogP contribution in [-0.2, 0) is 0 Å². The van der Waals surface area contributed by atoms with Crippen molar-refractivity contribution >= 4 is 16.6 Å². The summed E-state index contributed by atoms with van der Waals surface area (Å²) in [5.74, 6) is 0.507. The van der Waals surface area contributed by atoms with Crippen molar-refractivity contribution in [2.24, 2.45) is 0 Å². The number of ether oxygens (including phenoxy) is 2. The summed E-state index contributed by atoms with van der Waals surface area (Å²) in [7, 11) is 1.37. The number of fused-ring (bicyclic) bond motifs is 1. The molecule has 0 spiro atoms. The Balaban J connectivity index is 2.13. The van der Waals surface area contributed by atoms with E-state index in [4.69, 9.17) is 15.2 Å². The van der Waals surface area contributed by atoms with Crippen molar-refractivity contribution in [1.82, 2.24) is 15.0 Å². The van der Waals surface area contributed by atoms with Gasteiger partial charge in [-0.1, -0.05) is 0 Å². The maximum atomic E-state index is 11.6. The van der Waals surface area contributed by atoms with Gasteiger partial charge in [-0.25, -0.2) is 4.98 Å². The largest absolute Gasteiger partial charge is 0.487 e. The lowest BCUT2D eigenvalue weighted by Crippen LogP contribution is -2.11. The summed E-state index contributed by atoms with van der Waals surface area (Å²) in [5.41, 5.74) is 6.67. The topological polar surface area (TPSA) is 103 Å². The van der Waals surface area contributed by atoms with E-state index in [9.17, 15) is 4.79 Å². The Morgan fingerprint density at radius 1 is 1.24 bits per heavy atom. The zero-order chi connectivity index (χ0) is 14.8. The summed E-state index contributed by atoms with van der Waals surface area (Å²) in [4.78, 5) is 22.3. The van der Waals surface area contributed by atoms with E-state index < -0.39 is 5.56 Å². The monoisotopic (exact) mass is 284 g/mol. The standard InChI is InChI=1S/C14H12N4O3/c1-20-12-13(19)17-7-18-14(12)21-10-5-4-9(15)8-3-2-6-16-11(8)10/h2-7H,15H2,1H3,(H,17,18,19). The van der Waals surface area contributed by atoms with Gasteiger partial charge in [0.15, 0.2) is 5.75 Å². The van der Waals surface area contributed by atoms with E-state index in [-0.39, 0.29) is 11.6 Å². The minimum absolute atomic E-state index is 0.00148. The first-order valence-electron chi connectivity index (χ1n) is 6.13. The first kappa shape index (κ1) is 12.9. The molecule has 3 rings (SSSR count). The first-order valence-corrected chi connectivity index (χ1v) is 6.13. The Labute approximate surface area is 119 Å². The molecule has 0 amide bonds. The van der Waals surface area contributed by atoms with Crippen LogP contribution in [0.15, 0.2) is 41.6 Å². The van der Waals surface area contributed by atoms with Crippen molar-refractivity contribution in [2.75, 3.05) is 12.8 Å². The number of aromatic amines is 1. The van der Waals surface area contributed by atoms with Crippen molar-refractivity contribution in [3.8, 4) is 17.4 Å². The van der Waals surface area contributed by atoms with Crippen LogP contribution >= 0.6 is 0 Å². The molecular weight excluding hydrogens is 272 g/mol. The van der Waals surface area contributed by atoms with Crippen molar-refractivity contribution in [3.05, 3.63) is 47.1 Å². The number of methoxy groups -OCH3 is 1. The number of nitrogen functional groups attached to an aromatic ring is 1. The Morgan fingerprint density at radius 2 is 2.10 bits per heavy atom. The number of nitrogens with zero attached hydrogens (tertiary/aromatic N) is 2. The summed E-state index contributed by atoms with van der Waals surface area (Å²) >= 11 is 0. The van der Waals surface area contributed by atoms with E-state index in [0.29, 0.717) is 17.0 Å². The van der Waals surface area contributed by atoms with Crippen LogP contribution in [0.5, 0.6) is 17.4 Å². The maximum Gasteiger partial charge on any atom is 0.297 e. The molecule has 3 aromatic rings. The highest BCUT2D eigenvalue weighted by molar-refractivity contribution is 5.94.